The summed E-state index contributed by atoms with van der Waals surface area (Å²) < 4.78 is 21.3. The van der Waals surface area contributed by atoms with Crippen LogP contribution < -0.4 is 11.3 Å². The lowest BCUT2D eigenvalue weighted by Crippen LogP contribution is -2.29. The van der Waals surface area contributed by atoms with E-state index in [0.29, 0.717) is 21.4 Å². The minimum Gasteiger partial charge on any atom is -0.458 e. The molecule has 0 aliphatic carbocycles. The van der Waals surface area contributed by atoms with Gasteiger partial charge in [0.25, 0.3) is 0 Å². The van der Waals surface area contributed by atoms with Crippen LogP contribution in [0.5, 0.6) is 0 Å². The van der Waals surface area contributed by atoms with Crippen LogP contribution >= 0.6 is 31.9 Å². The first kappa shape index (κ1) is 14.7. The fourth-order valence-electron chi connectivity index (χ4n) is 2.26. The summed E-state index contributed by atoms with van der Waals surface area (Å²) in [5.74, 6) is 5.80. The van der Waals surface area contributed by atoms with Gasteiger partial charge in [0.1, 0.15) is 23.2 Å². The van der Waals surface area contributed by atoms with Crippen LogP contribution in [-0.4, -0.2) is 0 Å². The second-order valence-corrected chi connectivity index (χ2v) is 6.26. The number of halogens is 3. The second kappa shape index (κ2) is 5.88. The maximum Gasteiger partial charge on any atom is 0.148 e. The number of benzene rings is 2. The van der Waals surface area contributed by atoms with Crippen molar-refractivity contribution < 1.29 is 8.81 Å². The molecule has 3 N–H and O–H groups in total. The van der Waals surface area contributed by atoms with Crippen LogP contribution in [0.25, 0.3) is 11.0 Å². The largest absolute Gasteiger partial charge is 0.458 e. The standard InChI is InChI=1S/C15H11Br2FN2O/c16-10-5-2-4-9(13(10)18)14(20-19)12-7-8-3-1-6-11(17)15(8)21-12/h1-7,14,20H,19H2. The van der Waals surface area contributed by atoms with Crippen molar-refractivity contribution in [2.75, 3.05) is 0 Å². The normalized spacial score (nSPS) is 12.8. The van der Waals surface area contributed by atoms with E-state index in [9.17, 15) is 4.39 Å². The number of furan rings is 1. The number of hydrogen-bond donors (Lipinski definition) is 2. The van der Waals surface area contributed by atoms with Gasteiger partial charge in [0.2, 0.25) is 0 Å². The third kappa shape index (κ3) is 2.64. The number of nitrogens with two attached hydrogens (primary N) is 1. The minimum atomic E-state index is -0.568. The lowest BCUT2D eigenvalue weighted by Gasteiger charge is -2.15. The Morgan fingerprint density at radius 1 is 1.10 bits per heavy atom. The zero-order valence-corrected chi connectivity index (χ0v) is 13.9. The molecule has 0 fully saturated rings. The Kier molecular flexibility index (Phi) is 4.12. The Balaban J connectivity index is 2.14. The SMILES string of the molecule is NNC(c1cc2cccc(Br)c2o1)c1cccc(Br)c1F. The van der Waals surface area contributed by atoms with Gasteiger partial charge in [-0.05, 0) is 50.1 Å². The summed E-state index contributed by atoms with van der Waals surface area (Å²) >= 11 is 6.62. The average Bonchev–Trinajstić information content (AvgIpc) is 2.89. The van der Waals surface area contributed by atoms with Gasteiger partial charge in [-0.15, -0.1) is 0 Å². The number of fused-ring (bicyclic) bond motifs is 1. The van der Waals surface area contributed by atoms with Gasteiger partial charge in [-0.1, -0.05) is 24.3 Å². The molecule has 0 aliphatic rings. The molecular formula is C15H11Br2FN2O. The third-order valence-electron chi connectivity index (χ3n) is 3.26. The number of nitrogens with one attached hydrogen (secondary N) is 1. The number of para-hydroxylation sites is 1. The fourth-order valence-corrected chi connectivity index (χ4v) is 3.10. The molecule has 1 heterocycles. The molecule has 0 saturated heterocycles. The summed E-state index contributed by atoms with van der Waals surface area (Å²) in [5.41, 5.74) is 3.74. The predicted molar refractivity (Wildman–Crippen MR) is 87.2 cm³/mol. The number of hydrazine groups is 1. The van der Waals surface area contributed by atoms with Gasteiger partial charge in [-0.2, -0.15) is 0 Å². The summed E-state index contributed by atoms with van der Waals surface area (Å²) in [6.45, 7) is 0. The monoisotopic (exact) mass is 412 g/mol. The van der Waals surface area contributed by atoms with Gasteiger partial charge < -0.3 is 4.42 Å². The molecule has 0 aliphatic heterocycles. The average molecular weight is 414 g/mol. The fraction of sp³-hybridized carbons (Fsp3) is 0.0667. The highest BCUT2D eigenvalue weighted by Gasteiger charge is 2.22. The van der Waals surface area contributed by atoms with E-state index in [0.717, 1.165) is 9.86 Å². The van der Waals surface area contributed by atoms with Gasteiger partial charge in [-0.3, -0.25) is 5.84 Å². The summed E-state index contributed by atoms with van der Waals surface area (Å²) in [5, 5.41) is 0.926. The van der Waals surface area contributed by atoms with E-state index in [4.69, 9.17) is 10.3 Å². The number of hydrogen-bond acceptors (Lipinski definition) is 3. The summed E-state index contributed by atoms with van der Waals surface area (Å²) in [7, 11) is 0. The lowest BCUT2D eigenvalue weighted by atomic mass is 10.0. The van der Waals surface area contributed by atoms with Crippen molar-refractivity contribution in [3.63, 3.8) is 0 Å². The highest BCUT2D eigenvalue weighted by atomic mass is 79.9. The van der Waals surface area contributed by atoms with Crippen molar-refractivity contribution >= 4 is 42.8 Å². The van der Waals surface area contributed by atoms with Gasteiger partial charge in [-0.25, -0.2) is 9.82 Å². The smallest absolute Gasteiger partial charge is 0.148 e. The van der Waals surface area contributed by atoms with E-state index in [-0.39, 0.29) is 5.82 Å². The van der Waals surface area contributed by atoms with Crippen molar-refractivity contribution in [2.45, 2.75) is 6.04 Å². The van der Waals surface area contributed by atoms with Crippen molar-refractivity contribution in [1.29, 1.82) is 0 Å². The van der Waals surface area contributed by atoms with Crippen LogP contribution in [-0.2, 0) is 0 Å². The highest BCUT2D eigenvalue weighted by molar-refractivity contribution is 9.11. The molecular weight excluding hydrogens is 403 g/mol. The highest BCUT2D eigenvalue weighted by Crippen LogP contribution is 2.33. The summed E-state index contributed by atoms with van der Waals surface area (Å²) in [4.78, 5) is 0. The van der Waals surface area contributed by atoms with Gasteiger partial charge in [0, 0.05) is 10.9 Å². The molecule has 3 nitrogen and oxygen atoms in total. The third-order valence-corrected chi connectivity index (χ3v) is 4.50. The molecule has 108 valence electrons. The van der Waals surface area contributed by atoms with Crippen LogP contribution in [0.2, 0.25) is 0 Å². The summed E-state index contributed by atoms with van der Waals surface area (Å²) in [6.07, 6.45) is 0. The maximum absolute atomic E-state index is 14.3. The topological polar surface area (TPSA) is 51.2 Å². The summed E-state index contributed by atoms with van der Waals surface area (Å²) in [6, 6.07) is 12.1. The first-order valence-corrected chi connectivity index (χ1v) is 7.78. The molecule has 0 spiro atoms. The minimum absolute atomic E-state index is 0.361. The molecule has 0 amide bonds. The Labute approximate surface area is 137 Å². The number of rotatable bonds is 3. The second-order valence-electron chi connectivity index (χ2n) is 4.55. The van der Waals surface area contributed by atoms with E-state index < -0.39 is 6.04 Å². The van der Waals surface area contributed by atoms with Crippen LogP contribution in [0.3, 0.4) is 0 Å². The predicted octanol–water partition coefficient (Wildman–Crippen LogP) is 4.65. The molecule has 2 aromatic carbocycles. The molecule has 3 rings (SSSR count). The zero-order chi connectivity index (χ0) is 15.0. The van der Waals surface area contributed by atoms with Crippen LogP contribution in [0.1, 0.15) is 17.4 Å². The van der Waals surface area contributed by atoms with E-state index in [1.165, 1.54) is 0 Å². The Bertz CT molecular complexity index is 803. The van der Waals surface area contributed by atoms with Gasteiger partial charge in [0.05, 0.1) is 8.95 Å². The van der Waals surface area contributed by atoms with Gasteiger partial charge in [0.15, 0.2) is 0 Å². The molecule has 21 heavy (non-hydrogen) atoms. The van der Waals surface area contributed by atoms with Crippen molar-refractivity contribution in [3.8, 4) is 0 Å². The molecule has 0 saturated carbocycles. The first-order chi connectivity index (χ1) is 10.1. The molecule has 1 atom stereocenters. The molecule has 0 bridgehead atoms. The molecule has 1 unspecified atom stereocenters. The zero-order valence-electron chi connectivity index (χ0n) is 10.7. The Morgan fingerprint density at radius 2 is 1.81 bits per heavy atom. The maximum atomic E-state index is 14.3. The van der Waals surface area contributed by atoms with Crippen molar-refractivity contribution in [2.24, 2.45) is 5.84 Å². The van der Waals surface area contributed by atoms with Crippen molar-refractivity contribution in [3.05, 3.63) is 68.6 Å². The van der Waals surface area contributed by atoms with E-state index in [1.807, 2.05) is 24.3 Å². The van der Waals surface area contributed by atoms with E-state index >= 15 is 0 Å². The van der Waals surface area contributed by atoms with Crippen LogP contribution in [0.15, 0.2) is 55.8 Å². The van der Waals surface area contributed by atoms with Crippen LogP contribution in [0, 0.1) is 5.82 Å². The molecule has 3 aromatic rings. The Hall–Kier alpha value is -1.21. The van der Waals surface area contributed by atoms with Crippen molar-refractivity contribution in [1.82, 2.24) is 5.43 Å². The molecule has 6 heteroatoms. The van der Waals surface area contributed by atoms with Crippen LogP contribution in [0.4, 0.5) is 4.39 Å². The quantitative estimate of drug-likeness (QED) is 0.485. The first-order valence-electron chi connectivity index (χ1n) is 6.20. The Morgan fingerprint density at radius 3 is 2.52 bits per heavy atom. The lowest BCUT2D eigenvalue weighted by molar-refractivity contribution is 0.461. The van der Waals surface area contributed by atoms with E-state index in [1.54, 1.807) is 18.2 Å². The molecule has 1 aromatic heterocycles. The van der Waals surface area contributed by atoms with E-state index in [2.05, 4.69) is 37.3 Å². The molecule has 0 radical (unpaired) electrons. The van der Waals surface area contributed by atoms with Gasteiger partial charge >= 0.3 is 0 Å².